The monoisotopic (exact) mass is 244 g/mol. The Hall–Kier alpha value is 0.270. The lowest BCUT2D eigenvalue weighted by Gasteiger charge is -2.40. The van der Waals surface area contributed by atoms with Crippen molar-refractivity contribution >= 4 is 11.8 Å². The standard InChI is InChI=1S/C13H28N2S/c1-4-12-11-15(8-7-9-16-6-3)13(5-2)10-14-12/h12-14H,4-11H2,1-3H3. The molecule has 1 aliphatic rings. The Kier molecular flexibility index (Phi) is 7.50. The smallest absolute Gasteiger partial charge is 0.0218 e. The van der Waals surface area contributed by atoms with E-state index in [-0.39, 0.29) is 0 Å². The molecule has 16 heavy (non-hydrogen) atoms. The first-order valence-corrected chi connectivity index (χ1v) is 8.02. The van der Waals surface area contributed by atoms with Crippen LogP contribution >= 0.6 is 11.8 Å². The Labute approximate surface area is 106 Å². The minimum absolute atomic E-state index is 0.724. The van der Waals surface area contributed by atoms with Crippen molar-refractivity contribution in [3.8, 4) is 0 Å². The first kappa shape index (κ1) is 14.3. The lowest BCUT2D eigenvalue weighted by Crippen LogP contribution is -2.56. The fourth-order valence-corrected chi connectivity index (χ4v) is 3.01. The molecule has 1 fully saturated rings. The molecule has 0 radical (unpaired) electrons. The van der Waals surface area contributed by atoms with Crippen LogP contribution in [0.1, 0.15) is 40.0 Å². The van der Waals surface area contributed by atoms with Gasteiger partial charge in [0.2, 0.25) is 0 Å². The van der Waals surface area contributed by atoms with Gasteiger partial charge < -0.3 is 5.32 Å². The van der Waals surface area contributed by atoms with E-state index in [9.17, 15) is 0 Å². The van der Waals surface area contributed by atoms with Crippen molar-refractivity contribution in [3.63, 3.8) is 0 Å². The molecule has 2 nitrogen and oxygen atoms in total. The van der Waals surface area contributed by atoms with Gasteiger partial charge in [-0.15, -0.1) is 0 Å². The summed E-state index contributed by atoms with van der Waals surface area (Å²) in [5.74, 6) is 2.59. The highest BCUT2D eigenvalue weighted by molar-refractivity contribution is 7.99. The highest BCUT2D eigenvalue weighted by Crippen LogP contribution is 2.13. The van der Waals surface area contributed by atoms with E-state index in [0.717, 1.165) is 12.1 Å². The second-order valence-corrected chi connectivity index (χ2v) is 6.01. The third kappa shape index (κ3) is 4.64. The van der Waals surface area contributed by atoms with E-state index in [0.29, 0.717) is 0 Å². The molecule has 1 saturated heterocycles. The normalized spacial score (nSPS) is 27.2. The summed E-state index contributed by atoms with van der Waals surface area (Å²) in [5.41, 5.74) is 0. The van der Waals surface area contributed by atoms with Gasteiger partial charge in [-0.2, -0.15) is 11.8 Å². The van der Waals surface area contributed by atoms with Gasteiger partial charge in [-0.05, 0) is 37.3 Å². The average molecular weight is 244 g/mol. The molecule has 0 aromatic heterocycles. The quantitative estimate of drug-likeness (QED) is 0.693. The number of piperazine rings is 1. The highest BCUT2D eigenvalue weighted by atomic mass is 32.2. The summed E-state index contributed by atoms with van der Waals surface area (Å²) < 4.78 is 0. The molecule has 0 aromatic rings. The largest absolute Gasteiger partial charge is 0.311 e. The predicted molar refractivity (Wildman–Crippen MR) is 75.3 cm³/mol. The van der Waals surface area contributed by atoms with Gasteiger partial charge in [-0.3, -0.25) is 4.90 Å². The zero-order chi connectivity index (χ0) is 11.8. The first-order valence-electron chi connectivity index (χ1n) is 6.86. The van der Waals surface area contributed by atoms with Crippen LogP contribution < -0.4 is 5.32 Å². The van der Waals surface area contributed by atoms with Gasteiger partial charge in [0, 0.05) is 25.2 Å². The molecular formula is C13H28N2S. The maximum Gasteiger partial charge on any atom is 0.0218 e. The Morgan fingerprint density at radius 2 is 2.06 bits per heavy atom. The molecule has 96 valence electrons. The number of nitrogens with one attached hydrogen (secondary N) is 1. The molecule has 0 spiro atoms. The van der Waals surface area contributed by atoms with Gasteiger partial charge in [0.25, 0.3) is 0 Å². The van der Waals surface area contributed by atoms with E-state index in [1.54, 1.807) is 0 Å². The number of rotatable bonds is 7. The maximum atomic E-state index is 3.65. The lowest BCUT2D eigenvalue weighted by atomic mass is 10.1. The van der Waals surface area contributed by atoms with E-state index in [4.69, 9.17) is 0 Å². The predicted octanol–water partition coefficient (Wildman–Crippen LogP) is 2.59. The van der Waals surface area contributed by atoms with Crippen molar-refractivity contribution in [1.82, 2.24) is 10.2 Å². The molecule has 2 atom stereocenters. The molecule has 0 aromatic carbocycles. The fraction of sp³-hybridized carbons (Fsp3) is 1.00. The summed E-state index contributed by atoms with van der Waals surface area (Å²) >= 11 is 2.07. The molecule has 1 heterocycles. The van der Waals surface area contributed by atoms with E-state index < -0.39 is 0 Å². The molecule has 0 saturated carbocycles. The van der Waals surface area contributed by atoms with Gasteiger partial charge in [0.05, 0.1) is 0 Å². The average Bonchev–Trinajstić information content (AvgIpc) is 2.34. The van der Waals surface area contributed by atoms with Gasteiger partial charge in [0.1, 0.15) is 0 Å². The maximum absolute atomic E-state index is 3.65. The third-order valence-corrected chi connectivity index (χ3v) is 4.50. The number of nitrogens with zero attached hydrogens (tertiary/aromatic N) is 1. The molecule has 2 unspecified atom stereocenters. The summed E-state index contributed by atoms with van der Waals surface area (Å²) in [7, 11) is 0. The van der Waals surface area contributed by atoms with E-state index in [1.165, 1.54) is 50.4 Å². The topological polar surface area (TPSA) is 15.3 Å². The van der Waals surface area contributed by atoms with Crippen LogP contribution in [0.3, 0.4) is 0 Å². The fourth-order valence-electron chi connectivity index (χ4n) is 2.39. The van der Waals surface area contributed by atoms with Crippen molar-refractivity contribution < 1.29 is 0 Å². The molecule has 0 aliphatic carbocycles. The van der Waals surface area contributed by atoms with Crippen LogP contribution in [0.25, 0.3) is 0 Å². The van der Waals surface area contributed by atoms with Crippen molar-refractivity contribution in [3.05, 3.63) is 0 Å². The molecule has 1 N–H and O–H groups in total. The molecular weight excluding hydrogens is 216 g/mol. The molecule has 1 aliphatic heterocycles. The van der Waals surface area contributed by atoms with Crippen molar-refractivity contribution in [2.45, 2.75) is 52.1 Å². The second kappa shape index (κ2) is 8.37. The van der Waals surface area contributed by atoms with Crippen molar-refractivity contribution in [2.24, 2.45) is 0 Å². The summed E-state index contributed by atoms with van der Waals surface area (Å²) in [6.45, 7) is 10.6. The molecule has 1 rings (SSSR count). The summed E-state index contributed by atoms with van der Waals surface area (Å²) in [6.07, 6.45) is 3.90. The van der Waals surface area contributed by atoms with Crippen LogP contribution in [0.5, 0.6) is 0 Å². The molecule has 3 heteroatoms. The minimum Gasteiger partial charge on any atom is -0.311 e. The van der Waals surface area contributed by atoms with Crippen LogP contribution in [0, 0.1) is 0 Å². The number of hydrogen-bond donors (Lipinski definition) is 1. The van der Waals surface area contributed by atoms with Crippen LogP contribution in [0.4, 0.5) is 0 Å². The van der Waals surface area contributed by atoms with Crippen LogP contribution in [0.15, 0.2) is 0 Å². The second-order valence-electron chi connectivity index (χ2n) is 4.62. The number of thioether (sulfide) groups is 1. The Balaban J connectivity index is 2.27. The van der Waals surface area contributed by atoms with E-state index in [1.807, 2.05) is 0 Å². The van der Waals surface area contributed by atoms with E-state index in [2.05, 4.69) is 42.7 Å². The lowest BCUT2D eigenvalue weighted by molar-refractivity contribution is 0.125. The summed E-state index contributed by atoms with van der Waals surface area (Å²) in [4.78, 5) is 2.71. The zero-order valence-corrected chi connectivity index (χ0v) is 12.0. The summed E-state index contributed by atoms with van der Waals surface area (Å²) in [5, 5.41) is 3.65. The van der Waals surface area contributed by atoms with Gasteiger partial charge in [-0.1, -0.05) is 20.8 Å². The minimum atomic E-state index is 0.724. The van der Waals surface area contributed by atoms with Crippen LogP contribution in [0.2, 0.25) is 0 Å². The van der Waals surface area contributed by atoms with Gasteiger partial charge >= 0.3 is 0 Å². The molecule has 0 amide bonds. The Morgan fingerprint density at radius 3 is 2.69 bits per heavy atom. The zero-order valence-electron chi connectivity index (χ0n) is 11.2. The van der Waals surface area contributed by atoms with Gasteiger partial charge in [-0.25, -0.2) is 0 Å². The summed E-state index contributed by atoms with van der Waals surface area (Å²) in [6, 6.07) is 1.50. The van der Waals surface area contributed by atoms with E-state index >= 15 is 0 Å². The molecule has 0 bridgehead atoms. The van der Waals surface area contributed by atoms with Crippen LogP contribution in [-0.4, -0.2) is 48.1 Å². The Morgan fingerprint density at radius 1 is 1.25 bits per heavy atom. The number of hydrogen-bond acceptors (Lipinski definition) is 3. The Bertz CT molecular complexity index is 175. The highest BCUT2D eigenvalue weighted by Gasteiger charge is 2.24. The first-order chi connectivity index (χ1) is 7.81. The van der Waals surface area contributed by atoms with Crippen molar-refractivity contribution in [1.29, 1.82) is 0 Å². The SMILES string of the molecule is CCSCCCN1CC(CC)NCC1CC. The van der Waals surface area contributed by atoms with Gasteiger partial charge in [0.15, 0.2) is 0 Å². The third-order valence-electron chi connectivity index (χ3n) is 3.52. The van der Waals surface area contributed by atoms with Crippen LogP contribution in [-0.2, 0) is 0 Å². The van der Waals surface area contributed by atoms with Crippen molar-refractivity contribution in [2.75, 3.05) is 31.1 Å².